The minimum Gasteiger partial charge on any atom is -0.489 e. The van der Waals surface area contributed by atoms with Crippen molar-refractivity contribution in [3.63, 3.8) is 0 Å². The Labute approximate surface area is 161 Å². The molecule has 0 aliphatic heterocycles. The summed E-state index contributed by atoms with van der Waals surface area (Å²) < 4.78 is 31.4. The topological polar surface area (TPSA) is 9.23 Å². The van der Waals surface area contributed by atoms with E-state index in [2.05, 4.69) is 26.0 Å². The van der Waals surface area contributed by atoms with Crippen LogP contribution in [0.5, 0.6) is 5.75 Å². The third kappa shape index (κ3) is 6.05. The third-order valence-corrected chi connectivity index (χ3v) is 5.72. The Hall–Kier alpha value is -1.90. The summed E-state index contributed by atoms with van der Waals surface area (Å²) in [6.07, 6.45) is 4.62. The molecule has 2 saturated carbocycles. The molecule has 2 aliphatic rings. The van der Waals surface area contributed by atoms with Crippen LogP contribution < -0.4 is 4.74 Å². The lowest BCUT2D eigenvalue weighted by Crippen LogP contribution is -2.11. The first-order valence-corrected chi connectivity index (χ1v) is 10.1. The summed E-state index contributed by atoms with van der Waals surface area (Å²) in [5.41, 5.74) is 1.97. The predicted octanol–water partition coefficient (Wildman–Crippen LogP) is 7.06. The standard InChI is InChI=1S/C17H17FO.C7H13F/c1-12-10-16(12)13-6-8-15(9-7-13)19-11-14-4-2-3-5-17(14)18;1-6-2-4-7(8)5-3-6/h2-9,12,16H,10-11H2,1H3;6-7H,2-5H2,1H3/t12?,16-;/m1./s1. The van der Waals surface area contributed by atoms with Gasteiger partial charge in [0.25, 0.3) is 0 Å². The summed E-state index contributed by atoms with van der Waals surface area (Å²) in [4.78, 5) is 0. The summed E-state index contributed by atoms with van der Waals surface area (Å²) in [6, 6.07) is 14.9. The molecule has 27 heavy (non-hydrogen) atoms. The molecule has 2 fully saturated rings. The molecule has 0 aromatic heterocycles. The minimum atomic E-state index is -0.480. The molecule has 1 unspecified atom stereocenters. The normalized spacial score (nSPS) is 26.7. The van der Waals surface area contributed by atoms with E-state index in [4.69, 9.17) is 4.74 Å². The van der Waals surface area contributed by atoms with Gasteiger partial charge in [0.15, 0.2) is 0 Å². The lowest BCUT2D eigenvalue weighted by molar-refractivity contribution is 0.215. The molecule has 3 heteroatoms. The number of halogens is 2. The van der Waals surface area contributed by atoms with Crippen LogP contribution in [0.15, 0.2) is 48.5 Å². The zero-order valence-electron chi connectivity index (χ0n) is 16.3. The summed E-state index contributed by atoms with van der Waals surface area (Å²) in [5, 5.41) is 0. The highest BCUT2D eigenvalue weighted by atomic mass is 19.1. The highest BCUT2D eigenvalue weighted by molar-refractivity contribution is 5.32. The van der Waals surface area contributed by atoms with Crippen LogP contribution in [0.2, 0.25) is 0 Å². The van der Waals surface area contributed by atoms with E-state index >= 15 is 0 Å². The van der Waals surface area contributed by atoms with Gasteiger partial charge in [0, 0.05) is 5.56 Å². The van der Waals surface area contributed by atoms with E-state index in [-0.39, 0.29) is 12.4 Å². The largest absolute Gasteiger partial charge is 0.489 e. The van der Waals surface area contributed by atoms with Crippen molar-refractivity contribution >= 4 is 0 Å². The molecule has 2 aromatic carbocycles. The van der Waals surface area contributed by atoms with Crippen molar-refractivity contribution in [2.24, 2.45) is 11.8 Å². The molecule has 146 valence electrons. The zero-order chi connectivity index (χ0) is 19.2. The first-order chi connectivity index (χ1) is 13.0. The van der Waals surface area contributed by atoms with Crippen LogP contribution in [0.25, 0.3) is 0 Å². The first kappa shape index (κ1) is 19.9. The highest BCUT2D eigenvalue weighted by Gasteiger charge is 2.33. The Kier molecular flexibility index (Phi) is 6.87. The third-order valence-electron chi connectivity index (χ3n) is 5.72. The van der Waals surface area contributed by atoms with E-state index < -0.39 is 6.17 Å². The lowest BCUT2D eigenvalue weighted by Gasteiger charge is -2.19. The van der Waals surface area contributed by atoms with Crippen molar-refractivity contribution in [3.05, 3.63) is 65.5 Å². The fraction of sp³-hybridized carbons (Fsp3) is 0.500. The Morgan fingerprint density at radius 2 is 1.56 bits per heavy atom. The highest BCUT2D eigenvalue weighted by Crippen LogP contribution is 2.47. The maximum absolute atomic E-state index is 13.4. The number of hydrogen-bond acceptors (Lipinski definition) is 1. The van der Waals surface area contributed by atoms with Gasteiger partial charge in [-0.05, 0) is 73.6 Å². The van der Waals surface area contributed by atoms with Gasteiger partial charge in [0.05, 0.1) is 0 Å². The predicted molar refractivity (Wildman–Crippen MR) is 106 cm³/mol. The van der Waals surface area contributed by atoms with E-state index in [1.54, 1.807) is 12.1 Å². The van der Waals surface area contributed by atoms with Crippen LogP contribution >= 0.6 is 0 Å². The van der Waals surface area contributed by atoms with Gasteiger partial charge in [-0.15, -0.1) is 0 Å². The van der Waals surface area contributed by atoms with E-state index in [0.717, 1.165) is 49.2 Å². The first-order valence-electron chi connectivity index (χ1n) is 10.1. The lowest BCUT2D eigenvalue weighted by atomic mass is 9.90. The quantitative estimate of drug-likeness (QED) is 0.558. The van der Waals surface area contributed by atoms with Crippen molar-refractivity contribution in [1.29, 1.82) is 0 Å². The van der Waals surface area contributed by atoms with Crippen molar-refractivity contribution in [3.8, 4) is 5.75 Å². The molecule has 0 bridgehead atoms. The van der Waals surface area contributed by atoms with Gasteiger partial charge in [0.1, 0.15) is 24.3 Å². The molecule has 0 amide bonds. The Balaban J connectivity index is 0.000000221. The number of rotatable bonds is 4. The Morgan fingerprint density at radius 3 is 2.11 bits per heavy atom. The zero-order valence-corrected chi connectivity index (χ0v) is 16.3. The number of alkyl halides is 1. The molecular weight excluding hydrogens is 342 g/mol. The minimum absolute atomic E-state index is 0.217. The summed E-state index contributed by atoms with van der Waals surface area (Å²) in [7, 11) is 0. The van der Waals surface area contributed by atoms with Crippen LogP contribution in [0, 0.1) is 17.7 Å². The van der Waals surface area contributed by atoms with Gasteiger partial charge >= 0.3 is 0 Å². The average Bonchev–Trinajstić information content (AvgIpc) is 3.41. The molecule has 0 spiro atoms. The second-order valence-electron chi connectivity index (χ2n) is 8.13. The molecule has 0 N–H and O–H groups in total. The van der Waals surface area contributed by atoms with Gasteiger partial charge < -0.3 is 4.74 Å². The molecule has 0 radical (unpaired) electrons. The molecule has 2 atom stereocenters. The summed E-state index contributed by atoms with van der Waals surface area (Å²) in [5.74, 6) is 2.89. The fourth-order valence-corrected chi connectivity index (χ4v) is 3.59. The van der Waals surface area contributed by atoms with Crippen molar-refractivity contribution in [2.75, 3.05) is 0 Å². The van der Waals surface area contributed by atoms with E-state index in [1.807, 2.05) is 18.2 Å². The van der Waals surface area contributed by atoms with Gasteiger partial charge in [-0.2, -0.15) is 0 Å². The SMILES string of the molecule is CC1CCC(F)CC1.CC1C[C@H]1c1ccc(OCc2ccccc2F)cc1. The van der Waals surface area contributed by atoms with Crippen LogP contribution in [-0.2, 0) is 6.61 Å². The van der Waals surface area contributed by atoms with Crippen LogP contribution in [-0.4, -0.2) is 6.17 Å². The van der Waals surface area contributed by atoms with E-state index in [1.165, 1.54) is 18.1 Å². The Morgan fingerprint density at radius 1 is 0.926 bits per heavy atom. The average molecular weight is 372 g/mol. The number of benzene rings is 2. The number of ether oxygens (including phenoxy) is 1. The molecular formula is C24H30F2O. The summed E-state index contributed by atoms with van der Waals surface area (Å²) in [6.45, 7) is 4.74. The Bertz CT molecular complexity index is 695. The van der Waals surface area contributed by atoms with Gasteiger partial charge in [-0.25, -0.2) is 8.78 Å². The monoisotopic (exact) mass is 372 g/mol. The molecule has 1 nitrogen and oxygen atoms in total. The van der Waals surface area contributed by atoms with Gasteiger partial charge in [-0.3, -0.25) is 0 Å². The molecule has 0 heterocycles. The van der Waals surface area contributed by atoms with E-state index in [0.29, 0.717) is 5.56 Å². The molecule has 2 aliphatic carbocycles. The van der Waals surface area contributed by atoms with E-state index in [9.17, 15) is 8.78 Å². The van der Waals surface area contributed by atoms with Crippen molar-refractivity contribution in [1.82, 2.24) is 0 Å². The second-order valence-corrected chi connectivity index (χ2v) is 8.13. The maximum atomic E-state index is 13.4. The van der Waals surface area contributed by atoms with Gasteiger partial charge in [-0.1, -0.05) is 44.2 Å². The number of hydrogen-bond donors (Lipinski definition) is 0. The van der Waals surface area contributed by atoms with Crippen molar-refractivity contribution < 1.29 is 13.5 Å². The molecule has 0 saturated heterocycles. The fourth-order valence-electron chi connectivity index (χ4n) is 3.59. The maximum Gasteiger partial charge on any atom is 0.129 e. The van der Waals surface area contributed by atoms with Crippen LogP contribution in [0.4, 0.5) is 8.78 Å². The smallest absolute Gasteiger partial charge is 0.129 e. The van der Waals surface area contributed by atoms with Gasteiger partial charge in [0.2, 0.25) is 0 Å². The second kappa shape index (κ2) is 9.34. The van der Waals surface area contributed by atoms with Crippen LogP contribution in [0.1, 0.15) is 63.0 Å². The van der Waals surface area contributed by atoms with Crippen molar-refractivity contribution in [2.45, 2.75) is 64.6 Å². The molecule has 4 rings (SSSR count). The molecule has 2 aromatic rings. The summed E-state index contributed by atoms with van der Waals surface area (Å²) >= 11 is 0. The van der Waals surface area contributed by atoms with Crippen LogP contribution in [0.3, 0.4) is 0 Å².